The van der Waals surface area contributed by atoms with Gasteiger partial charge in [0.1, 0.15) is 5.41 Å². The molecule has 0 spiro atoms. The number of benzene rings is 2. The zero-order valence-electron chi connectivity index (χ0n) is 15.3. The van der Waals surface area contributed by atoms with Gasteiger partial charge in [-0.05, 0) is 41.5 Å². The van der Waals surface area contributed by atoms with E-state index in [0.717, 1.165) is 42.1 Å². The largest absolute Gasteiger partial charge is 0.385 e. The van der Waals surface area contributed by atoms with Crippen LogP contribution >= 0.6 is 15.9 Å². The van der Waals surface area contributed by atoms with Gasteiger partial charge in [0.2, 0.25) is 5.91 Å². The molecular formula is C22H26BrNO2. The highest BCUT2D eigenvalue weighted by molar-refractivity contribution is 9.09. The van der Waals surface area contributed by atoms with Gasteiger partial charge >= 0.3 is 0 Å². The molecule has 0 heterocycles. The minimum absolute atomic E-state index is 0.112. The van der Waals surface area contributed by atoms with E-state index in [1.54, 1.807) is 7.11 Å². The van der Waals surface area contributed by atoms with Crippen molar-refractivity contribution < 1.29 is 9.53 Å². The second kappa shape index (κ2) is 8.83. The summed E-state index contributed by atoms with van der Waals surface area (Å²) >= 11 is 3.52. The highest BCUT2D eigenvalue weighted by atomic mass is 79.9. The van der Waals surface area contributed by atoms with Gasteiger partial charge in [-0.1, -0.05) is 70.9 Å². The summed E-state index contributed by atoms with van der Waals surface area (Å²) in [4.78, 5) is 13.5. The number of halogens is 1. The first-order valence-electron chi connectivity index (χ1n) is 9.28. The van der Waals surface area contributed by atoms with E-state index in [0.29, 0.717) is 13.2 Å². The highest BCUT2D eigenvalue weighted by Crippen LogP contribution is 2.51. The number of amides is 1. The van der Waals surface area contributed by atoms with Gasteiger partial charge in [0.15, 0.2) is 0 Å². The number of nitrogens with one attached hydrogen (secondary N) is 1. The lowest BCUT2D eigenvalue weighted by Gasteiger charge is -2.31. The molecule has 1 N–H and O–H groups in total. The Hall–Kier alpha value is -1.65. The predicted molar refractivity (Wildman–Crippen MR) is 110 cm³/mol. The van der Waals surface area contributed by atoms with Gasteiger partial charge in [0.05, 0.1) is 0 Å². The third-order valence-corrected chi connectivity index (χ3v) is 5.76. The molecule has 138 valence electrons. The SMILES string of the molecule is COCCCNC(=O)C1(CCCCBr)c2ccccc2-c2ccccc21. The molecule has 2 aromatic carbocycles. The fraction of sp³-hybridized carbons (Fsp3) is 0.409. The molecule has 1 amide bonds. The Morgan fingerprint density at radius 3 is 2.19 bits per heavy atom. The van der Waals surface area contributed by atoms with Crippen molar-refractivity contribution in [1.29, 1.82) is 0 Å². The molecule has 0 saturated carbocycles. The van der Waals surface area contributed by atoms with Gasteiger partial charge in [-0.2, -0.15) is 0 Å². The second-order valence-electron chi connectivity index (χ2n) is 6.74. The van der Waals surface area contributed by atoms with E-state index in [1.807, 2.05) is 12.1 Å². The molecule has 1 aliphatic rings. The molecule has 3 nitrogen and oxygen atoms in total. The summed E-state index contributed by atoms with van der Waals surface area (Å²) in [6.45, 7) is 1.29. The van der Waals surface area contributed by atoms with Crippen molar-refractivity contribution in [2.24, 2.45) is 0 Å². The molecule has 0 fully saturated rings. The van der Waals surface area contributed by atoms with Crippen molar-refractivity contribution in [3.8, 4) is 11.1 Å². The summed E-state index contributed by atoms with van der Waals surface area (Å²) in [5.41, 5.74) is 4.06. The normalized spacial score (nSPS) is 13.9. The Labute approximate surface area is 164 Å². The molecule has 3 rings (SSSR count). The number of carbonyl (C=O) groups excluding carboxylic acids is 1. The summed E-state index contributed by atoms with van der Waals surface area (Å²) in [5.74, 6) is 0.112. The van der Waals surface area contributed by atoms with Crippen LogP contribution in [-0.2, 0) is 14.9 Å². The Morgan fingerprint density at radius 2 is 1.62 bits per heavy atom. The molecule has 0 saturated heterocycles. The monoisotopic (exact) mass is 415 g/mol. The standard InChI is InChI=1S/C22H26BrNO2/c1-26-16-8-15-24-21(25)22(13-6-7-14-23)19-11-4-2-9-17(19)18-10-3-5-12-20(18)22/h2-5,9-12H,6-8,13-16H2,1H3,(H,24,25). The molecule has 0 atom stereocenters. The van der Waals surface area contributed by atoms with E-state index in [-0.39, 0.29) is 5.91 Å². The zero-order valence-corrected chi connectivity index (χ0v) is 16.8. The fourth-order valence-electron chi connectivity index (χ4n) is 4.01. The zero-order chi connectivity index (χ0) is 18.4. The van der Waals surface area contributed by atoms with Crippen LogP contribution in [0.4, 0.5) is 0 Å². The average molecular weight is 416 g/mol. The quantitative estimate of drug-likeness (QED) is 0.477. The molecule has 1 aliphatic carbocycles. The number of carbonyl (C=O) groups is 1. The van der Waals surface area contributed by atoms with Crippen LogP contribution in [0, 0.1) is 0 Å². The van der Waals surface area contributed by atoms with E-state index in [2.05, 4.69) is 57.6 Å². The van der Waals surface area contributed by atoms with Crippen LogP contribution in [0.5, 0.6) is 0 Å². The number of hydrogen-bond acceptors (Lipinski definition) is 2. The van der Waals surface area contributed by atoms with Crippen molar-refractivity contribution in [2.45, 2.75) is 31.1 Å². The molecule has 4 heteroatoms. The first-order chi connectivity index (χ1) is 12.8. The van der Waals surface area contributed by atoms with E-state index >= 15 is 0 Å². The number of hydrogen-bond donors (Lipinski definition) is 1. The molecule has 2 aromatic rings. The van der Waals surface area contributed by atoms with Gasteiger partial charge in [-0.25, -0.2) is 0 Å². The van der Waals surface area contributed by atoms with Crippen LogP contribution in [0.1, 0.15) is 36.8 Å². The van der Waals surface area contributed by atoms with E-state index < -0.39 is 5.41 Å². The highest BCUT2D eigenvalue weighted by Gasteiger charge is 2.48. The minimum Gasteiger partial charge on any atom is -0.385 e. The number of alkyl halides is 1. The lowest BCUT2D eigenvalue weighted by Crippen LogP contribution is -2.44. The molecular weight excluding hydrogens is 390 g/mol. The van der Waals surface area contributed by atoms with Gasteiger partial charge < -0.3 is 10.1 Å². The first kappa shape index (κ1) is 19.1. The van der Waals surface area contributed by atoms with Crippen molar-refractivity contribution in [1.82, 2.24) is 5.32 Å². The van der Waals surface area contributed by atoms with Gasteiger partial charge in [-0.15, -0.1) is 0 Å². The van der Waals surface area contributed by atoms with Crippen LogP contribution in [0.15, 0.2) is 48.5 Å². The smallest absolute Gasteiger partial charge is 0.235 e. The van der Waals surface area contributed by atoms with Gasteiger partial charge in [0, 0.05) is 25.6 Å². The Kier molecular flexibility index (Phi) is 6.49. The predicted octanol–water partition coefficient (Wildman–Crippen LogP) is 4.67. The Bertz CT molecular complexity index is 714. The fourth-order valence-corrected chi connectivity index (χ4v) is 4.40. The van der Waals surface area contributed by atoms with Crippen LogP contribution in [0.25, 0.3) is 11.1 Å². The number of ether oxygens (including phenoxy) is 1. The molecule has 0 unspecified atom stereocenters. The number of fused-ring (bicyclic) bond motifs is 3. The van der Waals surface area contributed by atoms with Crippen LogP contribution in [0.3, 0.4) is 0 Å². The second-order valence-corrected chi connectivity index (χ2v) is 7.54. The molecule has 0 aromatic heterocycles. The number of rotatable bonds is 9. The lowest BCUT2D eigenvalue weighted by atomic mass is 9.73. The van der Waals surface area contributed by atoms with E-state index in [1.165, 1.54) is 11.1 Å². The summed E-state index contributed by atoms with van der Waals surface area (Å²) in [7, 11) is 1.69. The maximum absolute atomic E-state index is 13.5. The lowest BCUT2D eigenvalue weighted by molar-refractivity contribution is -0.125. The van der Waals surface area contributed by atoms with Crippen molar-refractivity contribution in [3.05, 3.63) is 59.7 Å². The maximum atomic E-state index is 13.5. The summed E-state index contributed by atoms with van der Waals surface area (Å²) in [5, 5.41) is 4.14. The first-order valence-corrected chi connectivity index (χ1v) is 10.4. The van der Waals surface area contributed by atoms with E-state index in [4.69, 9.17) is 4.74 Å². The summed E-state index contributed by atoms with van der Waals surface area (Å²) in [6.07, 6.45) is 3.70. The number of methoxy groups -OCH3 is 1. The van der Waals surface area contributed by atoms with E-state index in [9.17, 15) is 4.79 Å². The molecule has 0 radical (unpaired) electrons. The summed E-state index contributed by atoms with van der Waals surface area (Å²) < 4.78 is 5.11. The minimum atomic E-state index is -0.595. The molecule has 26 heavy (non-hydrogen) atoms. The maximum Gasteiger partial charge on any atom is 0.235 e. The van der Waals surface area contributed by atoms with Crippen LogP contribution < -0.4 is 5.32 Å². The molecule has 0 bridgehead atoms. The Morgan fingerprint density at radius 1 is 1.00 bits per heavy atom. The van der Waals surface area contributed by atoms with Gasteiger partial charge in [-0.3, -0.25) is 4.79 Å². The topological polar surface area (TPSA) is 38.3 Å². The van der Waals surface area contributed by atoms with Crippen LogP contribution in [0.2, 0.25) is 0 Å². The van der Waals surface area contributed by atoms with Crippen LogP contribution in [-0.4, -0.2) is 31.5 Å². The Balaban J connectivity index is 2.01. The third kappa shape index (κ3) is 3.45. The number of unbranched alkanes of at least 4 members (excludes halogenated alkanes) is 1. The average Bonchev–Trinajstić information content (AvgIpc) is 2.97. The van der Waals surface area contributed by atoms with Crippen molar-refractivity contribution >= 4 is 21.8 Å². The van der Waals surface area contributed by atoms with Crippen molar-refractivity contribution in [3.63, 3.8) is 0 Å². The summed E-state index contributed by atoms with van der Waals surface area (Å²) in [6, 6.07) is 16.7. The van der Waals surface area contributed by atoms with Gasteiger partial charge in [0.25, 0.3) is 0 Å². The van der Waals surface area contributed by atoms with Crippen molar-refractivity contribution in [2.75, 3.05) is 25.6 Å². The molecule has 0 aliphatic heterocycles. The third-order valence-electron chi connectivity index (χ3n) is 5.20.